The van der Waals surface area contributed by atoms with Crippen LogP contribution in [0.1, 0.15) is 36.8 Å². The van der Waals surface area contributed by atoms with Crippen LogP contribution in [-0.2, 0) is 6.42 Å². The van der Waals surface area contributed by atoms with Gasteiger partial charge in [-0.15, -0.1) is 0 Å². The molecule has 0 radical (unpaired) electrons. The summed E-state index contributed by atoms with van der Waals surface area (Å²) in [7, 11) is 0. The summed E-state index contributed by atoms with van der Waals surface area (Å²) in [6.07, 6.45) is -1.80. The van der Waals surface area contributed by atoms with E-state index in [1.807, 2.05) is 25.1 Å². The highest BCUT2D eigenvalue weighted by atomic mass is 35.5. The molecule has 0 spiro atoms. The topological polar surface area (TPSA) is 26.0 Å². The second-order valence-electron chi connectivity index (χ2n) is 6.13. The first-order chi connectivity index (χ1) is 9.77. The molecule has 0 aliphatic heterocycles. The molecule has 1 aliphatic rings. The number of hydrogen-bond donors (Lipinski definition) is 1. The van der Waals surface area contributed by atoms with E-state index in [0.717, 1.165) is 17.5 Å². The Morgan fingerprint density at radius 3 is 2.67 bits per heavy atom. The fourth-order valence-electron chi connectivity index (χ4n) is 3.15. The zero-order valence-corrected chi connectivity index (χ0v) is 12.8. The Labute approximate surface area is 128 Å². The lowest BCUT2D eigenvalue weighted by molar-refractivity contribution is -0.186. The van der Waals surface area contributed by atoms with Crippen molar-refractivity contribution in [1.29, 1.82) is 0 Å². The van der Waals surface area contributed by atoms with Gasteiger partial charge in [-0.1, -0.05) is 30.2 Å². The number of aryl methyl sites for hydroxylation is 1. The van der Waals surface area contributed by atoms with Crippen LogP contribution in [0.25, 0.3) is 0 Å². The summed E-state index contributed by atoms with van der Waals surface area (Å²) < 4.78 is 38.6. The van der Waals surface area contributed by atoms with Gasteiger partial charge in [0, 0.05) is 11.1 Å². The molecular weight excluding hydrogens is 299 g/mol. The van der Waals surface area contributed by atoms with Crippen molar-refractivity contribution in [2.75, 3.05) is 0 Å². The summed E-state index contributed by atoms with van der Waals surface area (Å²) in [6.45, 7) is 1.95. The molecule has 21 heavy (non-hydrogen) atoms. The average Bonchev–Trinajstić information content (AvgIpc) is 2.41. The molecule has 2 N–H and O–H groups in total. The van der Waals surface area contributed by atoms with Gasteiger partial charge in [0.25, 0.3) is 0 Å². The van der Waals surface area contributed by atoms with Crippen molar-refractivity contribution in [3.8, 4) is 0 Å². The molecule has 0 aromatic heterocycles. The van der Waals surface area contributed by atoms with Crippen molar-refractivity contribution in [3.05, 3.63) is 34.3 Å². The van der Waals surface area contributed by atoms with Gasteiger partial charge in [0.15, 0.2) is 0 Å². The van der Waals surface area contributed by atoms with Crippen molar-refractivity contribution >= 4 is 11.6 Å². The maximum absolute atomic E-state index is 12.9. The minimum absolute atomic E-state index is 0.0808. The first-order valence-corrected chi connectivity index (χ1v) is 7.72. The fraction of sp³-hybridized carbons (Fsp3) is 0.625. The molecule has 3 unspecified atom stereocenters. The third-order valence-electron chi connectivity index (χ3n) is 4.45. The molecule has 0 saturated heterocycles. The molecule has 0 amide bonds. The van der Waals surface area contributed by atoms with Gasteiger partial charge < -0.3 is 5.73 Å². The van der Waals surface area contributed by atoms with Crippen LogP contribution >= 0.6 is 11.6 Å². The van der Waals surface area contributed by atoms with Gasteiger partial charge in [0.05, 0.1) is 5.92 Å². The van der Waals surface area contributed by atoms with Crippen LogP contribution < -0.4 is 5.73 Å². The molecule has 0 bridgehead atoms. The summed E-state index contributed by atoms with van der Waals surface area (Å²) in [5.74, 6) is -1.28. The Bertz CT molecular complexity index is 487. The van der Waals surface area contributed by atoms with Gasteiger partial charge >= 0.3 is 6.18 Å². The summed E-state index contributed by atoms with van der Waals surface area (Å²) in [6, 6.07) is 5.47. The second-order valence-corrected chi connectivity index (χ2v) is 6.54. The van der Waals surface area contributed by atoms with E-state index in [-0.39, 0.29) is 24.8 Å². The van der Waals surface area contributed by atoms with Gasteiger partial charge in [-0.2, -0.15) is 13.2 Å². The van der Waals surface area contributed by atoms with Crippen molar-refractivity contribution in [2.24, 2.45) is 17.6 Å². The first-order valence-electron chi connectivity index (χ1n) is 7.34. The average molecular weight is 320 g/mol. The van der Waals surface area contributed by atoms with Gasteiger partial charge in [0.2, 0.25) is 0 Å². The SMILES string of the molecule is Cc1ccc(CC(N)C2CCCC(C(F)(F)F)C2)c(Cl)c1. The van der Waals surface area contributed by atoms with E-state index in [1.54, 1.807) is 0 Å². The molecular formula is C16H21ClF3N. The van der Waals surface area contributed by atoms with Crippen LogP contribution in [0.5, 0.6) is 0 Å². The number of halogens is 4. The minimum atomic E-state index is -4.10. The third-order valence-corrected chi connectivity index (χ3v) is 4.80. The maximum Gasteiger partial charge on any atom is 0.391 e. The minimum Gasteiger partial charge on any atom is -0.327 e. The smallest absolute Gasteiger partial charge is 0.327 e. The van der Waals surface area contributed by atoms with Gasteiger partial charge in [0.1, 0.15) is 0 Å². The highest BCUT2D eigenvalue weighted by molar-refractivity contribution is 6.31. The lowest BCUT2D eigenvalue weighted by Crippen LogP contribution is -2.38. The van der Waals surface area contributed by atoms with Gasteiger partial charge in [-0.25, -0.2) is 0 Å². The van der Waals surface area contributed by atoms with Gasteiger partial charge in [-0.3, -0.25) is 0 Å². The van der Waals surface area contributed by atoms with Crippen molar-refractivity contribution in [2.45, 2.75) is 51.2 Å². The summed E-state index contributed by atoms with van der Waals surface area (Å²) in [5.41, 5.74) is 8.15. The molecule has 1 aromatic rings. The van der Waals surface area contributed by atoms with Crippen LogP contribution in [0, 0.1) is 18.8 Å². The predicted octanol–water partition coefficient (Wildman–Crippen LogP) is 4.89. The lowest BCUT2D eigenvalue weighted by Gasteiger charge is -2.34. The van der Waals surface area contributed by atoms with E-state index < -0.39 is 12.1 Å². The molecule has 1 aliphatic carbocycles. The Morgan fingerprint density at radius 1 is 1.33 bits per heavy atom. The van der Waals surface area contributed by atoms with Gasteiger partial charge in [-0.05, 0) is 55.7 Å². The van der Waals surface area contributed by atoms with E-state index in [9.17, 15) is 13.2 Å². The summed E-state index contributed by atoms with van der Waals surface area (Å²) >= 11 is 6.18. The quantitative estimate of drug-likeness (QED) is 0.843. The van der Waals surface area contributed by atoms with Crippen molar-refractivity contribution in [1.82, 2.24) is 0 Å². The molecule has 1 fully saturated rings. The molecule has 0 heterocycles. The normalized spacial score (nSPS) is 24.9. The van der Waals surface area contributed by atoms with Crippen LogP contribution in [-0.4, -0.2) is 12.2 Å². The Morgan fingerprint density at radius 2 is 2.05 bits per heavy atom. The highest BCUT2D eigenvalue weighted by Gasteiger charge is 2.43. The molecule has 3 atom stereocenters. The van der Waals surface area contributed by atoms with E-state index in [4.69, 9.17) is 17.3 Å². The van der Waals surface area contributed by atoms with Crippen LogP contribution in [0.15, 0.2) is 18.2 Å². The zero-order valence-electron chi connectivity index (χ0n) is 12.1. The molecule has 5 heteroatoms. The second kappa shape index (κ2) is 6.57. The van der Waals surface area contributed by atoms with E-state index in [2.05, 4.69) is 0 Å². The van der Waals surface area contributed by atoms with Crippen LogP contribution in [0.3, 0.4) is 0 Å². The Balaban J connectivity index is 2.01. The number of benzene rings is 1. The molecule has 1 aromatic carbocycles. The first kappa shape index (κ1) is 16.6. The largest absolute Gasteiger partial charge is 0.391 e. The number of alkyl halides is 3. The highest BCUT2D eigenvalue weighted by Crippen LogP contribution is 2.41. The van der Waals surface area contributed by atoms with Crippen LogP contribution in [0.2, 0.25) is 5.02 Å². The molecule has 2 rings (SSSR count). The monoisotopic (exact) mass is 319 g/mol. The van der Waals surface area contributed by atoms with Crippen molar-refractivity contribution < 1.29 is 13.2 Å². The Kier molecular flexibility index (Phi) is 5.20. The predicted molar refractivity (Wildman–Crippen MR) is 79.4 cm³/mol. The van der Waals surface area contributed by atoms with E-state index in [1.165, 1.54) is 0 Å². The molecule has 118 valence electrons. The molecule has 1 saturated carbocycles. The third kappa shape index (κ3) is 4.36. The summed E-state index contributed by atoms with van der Waals surface area (Å²) in [4.78, 5) is 0. The van der Waals surface area contributed by atoms with Crippen LogP contribution in [0.4, 0.5) is 13.2 Å². The zero-order chi connectivity index (χ0) is 15.6. The van der Waals surface area contributed by atoms with E-state index >= 15 is 0 Å². The summed E-state index contributed by atoms with van der Waals surface area (Å²) in [5, 5.41) is 0.647. The Hall–Kier alpha value is -0.740. The van der Waals surface area contributed by atoms with Crippen molar-refractivity contribution in [3.63, 3.8) is 0 Å². The number of rotatable bonds is 3. The number of nitrogens with two attached hydrogens (primary N) is 1. The lowest BCUT2D eigenvalue weighted by atomic mass is 9.76. The maximum atomic E-state index is 12.9. The molecule has 1 nitrogen and oxygen atoms in total. The standard InChI is InChI=1S/C16H21ClF3N/c1-10-5-6-11(14(17)7-10)9-15(21)12-3-2-4-13(8-12)16(18,19)20/h5-7,12-13,15H,2-4,8-9,21H2,1H3. The number of hydrogen-bond acceptors (Lipinski definition) is 1. The fourth-order valence-corrected chi connectivity index (χ4v) is 3.46. The van der Waals surface area contributed by atoms with E-state index in [0.29, 0.717) is 17.9 Å².